The first-order chi connectivity index (χ1) is 9.72. The summed E-state index contributed by atoms with van der Waals surface area (Å²) in [5.74, 6) is 0.797. The molecule has 1 atom stereocenters. The lowest BCUT2D eigenvalue weighted by atomic mass is 9.55. The first-order valence-electron chi connectivity index (χ1n) is 7.09. The van der Waals surface area contributed by atoms with Crippen molar-refractivity contribution >= 4 is 15.4 Å². The van der Waals surface area contributed by atoms with E-state index in [1.165, 1.54) is 0 Å². The third-order valence-electron chi connectivity index (χ3n) is 4.62. The van der Waals surface area contributed by atoms with Crippen LogP contribution in [0.15, 0.2) is 69.9 Å². The van der Waals surface area contributed by atoms with E-state index >= 15 is 0 Å². The molecule has 5 rings (SSSR count). The van der Waals surface area contributed by atoms with Crippen LogP contribution < -0.4 is 0 Å². The fraction of sp³-hybridized carbons (Fsp3) is 0.294. The van der Waals surface area contributed by atoms with Gasteiger partial charge in [-0.3, -0.25) is 0 Å². The zero-order valence-corrected chi connectivity index (χ0v) is 12.1. The summed E-state index contributed by atoms with van der Waals surface area (Å²) in [6.07, 6.45) is 3.24. The average Bonchev–Trinajstić information content (AvgIpc) is 2.37. The molecule has 0 aromatic heterocycles. The number of hydrogen-bond acceptors (Lipinski definition) is 2. The third-order valence-corrected chi connectivity index (χ3v) is 7.67. The molecule has 3 aliphatic rings. The van der Waals surface area contributed by atoms with Crippen LogP contribution in [0.5, 0.6) is 0 Å². The van der Waals surface area contributed by atoms with Gasteiger partial charge in [-0.2, -0.15) is 4.36 Å². The molecule has 3 fully saturated rings. The predicted molar refractivity (Wildman–Crippen MR) is 81.5 cm³/mol. The van der Waals surface area contributed by atoms with Gasteiger partial charge in [-0.25, -0.2) is 4.21 Å². The molecule has 0 amide bonds. The highest BCUT2D eigenvalue weighted by Crippen LogP contribution is 2.64. The van der Waals surface area contributed by atoms with Crippen molar-refractivity contribution in [2.75, 3.05) is 0 Å². The molecule has 3 heteroatoms. The monoisotopic (exact) mass is 283 g/mol. The smallest absolute Gasteiger partial charge is 0.0859 e. The van der Waals surface area contributed by atoms with Crippen LogP contribution in [0.3, 0.4) is 0 Å². The molecule has 0 N–H and O–H groups in total. The van der Waals surface area contributed by atoms with Gasteiger partial charge in [0.2, 0.25) is 0 Å². The second-order valence-electron chi connectivity index (χ2n) is 5.93. The predicted octanol–water partition coefficient (Wildman–Crippen LogP) is 4.40. The number of benzene rings is 2. The highest BCUT2D eigenvalue weighted by atomic mass is 32.2. The minimum Gasteiger partial charge on any atom is -0.244 e. The van der Waals surface area contributed by atoms with Crippen molar-refractivity contribution in [2.45, 2.75) is 28.9 Å². The first-order valence-corrected chi connectivity index (χ1v) is 8.60. The Bertz CT molecular complexity index is 728. The van der Waals surface area contributed by atoms with Gasteiger partial charge in [-0.05, 0) is 49.4 Å². The molecule has 0 saturated heterocycles. The van der Waals surface area contributed by atoms with Crippen LogP contribution in [0.4, 0.5) is 5.69 Å². The van der Waals surface area contributed by atoms with Crippen molar-refractivity contribution in [1.82, 2.24) is 0 Å². The molecule has 3 aliphatic carbocycles. The van der Waals surface area contributed by atoms with Gasteiger partial charge in [0.1, 0.15) is 0 Å². The van der Waals surface area contributed by atoms with Gasteiger partial charge < -0.3 is 0 Å². The summed E-state index contributed by atoms with van der Waals surface area (Å²) in [4.78, 5) is 0.891. The van der Waals surface area contributed by atoms with Crippen LogP contribution in [-0.4, -0.2) is 8.96 Å². The van der Waals surface area contributed by atoms with Crippen LogP contribution in [0.2, 0.25) is 0 Å². The summed E-state index contributed by atoms with van der Waals surface area (Å²) in [5, 5.41) is 0. The molecule has 2 aromatic rings. The summed E-state index contributed by atoms with van der Waals surface area (Å²) in [7, 11) is -2.37. The lowest BCUT2D eigenvalue weighted by molar-refractivity contribution is 0.0516. The highest BCUT2D eigenvalue weighted by Gasteiger charge is 2.63. The van der Waals surface area contributed by atoms with Crippen LogP contribution >= 0.6 is 0 Å². The molecule has 0 heterocycles. The molecule has 0 aliphatic heterocycles. The second-order valence-corrected chi connectivity index (χ2v) is 8.50. The lowest BCUT2D eigenvalue weighted by Gasteiger charge is -2.62. The molecule has 102 valence electrons. The Morgan fingerprint density at radius 1 is 0.900 bits per heavy atom. The molecular formula is C17H17NOS. The fourth-order valence-electron chi connectivity index (χ4n) is 3.38. The van der Waals surface area contributed by atoms with Gasteiger partial charge in [0, 0.05) is 4.90 Å². The van der Waals surface area contributed by atoms with E-state index in [9.17, 15) is 4.21 Å². The van der Waals surface area contributed by atoms with E-state index in [0.717, 1.165) is 35.8 Å². The molecule has 2 aromatic carbocycles. The molecule has 1 unspecified atom stereocenters. The first kappa shape index (κ1) is 12.2. The number of hydrogen-bond donors (Lipinski definition) is 0. The van der Waals surface area contributed by atoms with Crippen LogP contribution in [0.25, 0.3) is 0 Å². The quantitative estimate of drug-likeness (QED) is 0.821. The van der Waals surface area contributed by atoms with E-state index < -0.39 is 9.73 Å². The van der Waals surface area contributed by atoms with Gasteiger partial charge in [-0.1, -0.05) is 36.4 Å². The van der Waals surface area contributed by atoms with Crippen LogP contribution in [0.1, 0.15) is 19.3 Å². The van der Waals surface area contributed by atoms with E-state index in [2.05, 4.69) is 0 Å². The van der Waals surface area contributed by atoms with Crippen LogP contribution in [0, 0.1) is 5.92 Å². The zero-order chi connectivity index (χ0) is 13.6. The van der Waals surface area contributed by atoms with Crippen molar-refractivity contribution in [1.29, 1.82) is 0 Å². The summed E-state index contributed by atoms with van der Waals surface area (Å²) >= 11 is 0. The Morgan fingerprint density at radius 2 is 1.45 bits per heavy atom. The van der Waals surface area contributed by atoms with Gasteiger partial charge in [0.15, 0.2) is 0 Å². The zero-order valence-electron chi connectivity index (χ0n) is 11.2. The maximum Gasteiger partial charge on any atom is 0.0859 e. The standard InChI is InChI=1S/C17H17NOS/c19-20(16-9-5-2-6-10-16,17-11-14(12-17)13-17)18-15-7-3-1-4-8-15/h1-10,14H,11-13H2. The van der Waals surface area contributed by atoms with Crippen LogP contribution in [-0.2, 0) is 9.73 Å². The Hall–Kier alpha value is -1.61. The second kappa shape index (κ2) is 4.19. The maximum absolute atomic E-state index is 13.7. The molecule has 0 spiro atoms. The molecular weight excluding hydrogens is 266 g/mol. The average molecular weight is 283 g/mol. The highest BCUT2D eigenvalue weighted by molar-refractivity contribution is 7.95. The lowest BCUT2D eigenvalue weighted by Crippen LogP contribution is -2.62. The Morgan fingerprint density at radius 3 is 1.95 bits per heavy atom. The van der Waals surface area contributed by atoms with Crippen molar-refractivity contribution in [3.8, 4) is 0 Å². The Kier molecular flexibility index (Phi) is 2.55. The van der Waals surface area contributed by atoms with Crippen molar-refractivity contribution in [3.05, 3.63) is 60.7 Å². The number of nitrogens with zero attached hydrogens (tertiary/aromatic N) is 1. The summed E-state index contributed by atoms with van der Waals surface area (Å²) in [5.41, 5.74) is 0.825. The van der Waals surface area contributed by atoms with E-state index in [1.54, 1.807) is 0 Å². The SMILES string of the molecule is O=S(=Nc1ccccc1)(c1ccccc1)C12CC(C1)C2. The van der Waals surface area contributed by atoms with Gasteiger partial charge in [-0.15, -0.1) is 0 Å². The van der Waals surface area contributed by atoms with E-state index in [0.29, 0.717) is 0 Å². The van der Waals surface area contributed by atoms with Gasteiger partial charge in [0.25, 0.3) is 0 Å². The molecule has 2 nitrogen and oxygen atoms in total. The van der Waals surface area contributed by atoms with E-state index in [1.807, 2.05) is 60.7 Å². The van der Waals surface area contributed by atoms with E-state index in [-0.39, 0.29) is 4.75 Å². The largest absolute Gasteiger partial charge is 0.244 e. The normalized spacial score (nSPS) is 29.7. The minimum absolute atomic E-state index is 0.0607. The third kappa shape index (κ3) is 1.59. The fourth-order valence-corrected chi connectivity index (χ4v) is 6.51. The Balaban J connectivity index is 1.91. The summed E-state index contributed by atoms with van der Waals surface area (Å²) in [6.45, 7) is 0. The number of rotatable bonds is 3. The van der Waals surface area contributed by atoms with Crippen molar-refractivity contribution in [2.24, 2.45) is 10.3 Å². The Labute approximate surface area is 120 Å². The summed E-state index contributed by atoms with van der Waals surface area (Å²) < 4.78 is 18.4. The molecule has 2 bridgehead atoms. The minimum atomic E-state index is -2.37. The maximum atomic E-state index is 13.7. The van der Waals surface area contributed by atoms with Gasteiger partial charge in [0.05, 0.1) is 20.2 Å². The summed E-state index contributed by atoms with van der Waals surface area (Å²) in [6, 6.07) is 19.6. The van der Waals surface area contributed by atoms with E-state index in [4.69, 9.17) is 4.36 Å². The molecule has 20 heavy (non-hydrogen) atoms. The van der Waals surface area contributed by atoms with Crippen molar-refractivity contribution in [3.63, 3.8) is 0 Å². The molecule has 3 saturated carbocycles. The molecule has 0 radical (unpaired) electrons. The van der Waals surface area contributed by atoms with Crippen molar-refractivity contribution < 1.29 is 4.21 Å². The van der Waals surface area contributed by atoms with Gasteiger partial charge >= 0.3 is 0 Å². The topological polar surface area (TPSA) is 29.4 Å².